The second-order valence-electron chi connectivity index (χ2n) is 5.78. The molecule has 0 bridgehead atoms. The summed E-state index contributed by atoms with van der Waals surface area (Å²) in [5.74, 6) is 0.00918. The monoisotopic (exact) mass is 289 g/mol. The van der Waals surface area contributed by atoms with Crippen LogP contribution in [0, 0.1) is 6.92 Å². The van der Waals surface area contributed by atoms with Gasteiger partial charge in [-0.3, -0.25) is 14.5 Å². The van der Waals surface area contributed by atoms with Crippen molar-refractivity contribution in [1.29, 1.82) is 0 Å². The Kier molecular flexibility index (Phi) is 4.96. The molecule has 1 heterocycles. The summed E-state index contributed by atoms with van der Waals surface area (Å²) in [6.45, 7) is 3.05. The Morgan fingerprint density at radius 2 is 2.14 bits per heavy atom. The number of carbonyl (C=O) groups excluding carboxylic acids is 2. The topological polar surface area (TPSA) is 52.7 Å². The van der Waals surface area contributed by atoms with Crippen LogP contribution < -0.4 is 5.32 Å². The van der Waals surface area contributed by atoms with Crippen molar-refractivity contribution in [2.75, 3.05) is 32.5 Å². The second kappa shape index (κ2) is 6.72. The average Bonchev–Trinajstić information content (AvgIpc) is 2.85. The number of likely N-dealkylation sites (tertiary alicyclic amines) is 1. The molecule has 0 radical (unpaired) electrons. The van der Waals surface area contributed by atoms with Gasteiger partial charge in [-0.15, -0.1) is 0 Å². The first-order chi connectivity index (χ1) is 9.97. The van der Waals surface area contributed by atoms with Gasteiger partial charge in [-0.25, -0.2) is 0 Å². The number of aryl methyl sites for hydroxylation is 1. The van der Waals surface area contributed by atoms with Gasteiger partial charge in [0.25, 0.3) is 0 Å². The lowest BCUT2D eigenvalue weighted by molar-refractivity contribution is -0.133. The fourth-order valence-electron chi connectivity index (χ4n) is 2.70. The number of carbonyl (C=O) groups is 2. The Labute approximate surface area is 125 Å². The van der Waals surface area contributed by atoms with Crippen LogP contribution in [0.5, 0.6) is 0 Å². The molecule has 2 rings (SSSR count). The molecule has 0 saturated carbocycles. The highest BCUT2D eigenvalue weighted by molar-refractivity contribution is 5.93. The van der Waals surface area contributed by atoms with E-state index in [1.807, 2.05) is 36.1 Å². The van der Waals surface area contributed by atoms with Gasteiger partial charge in [-0.2, -0.15) is 0 Å². The molecule has 5 heteroatoms. The molecule has 1 saturated heterocycles. The summed E-state index contributed by atoms with van der Waals surface area (Å²) in [4.78, 5) is 27.8. The van der Waals surface area contributed by atoms with Crippen LogP contribution in [0.4, 0.5) is 5.69 Å². The predicted molar refractivity (Wildman–Crippen MR) is 83.1 cm³/mol. The molecule has 0 aromatic heterocycles. The van der Waals surface area contributed by atoms with Crippen molar-refractivity contribution in [2.24, 2.45) is 0 Å². The molecule has 114 valence electrons. The van der Waals surface area contributed by atoms with E-state index in [0.717, 1.165) is 30.6 Å². The highest BCUT2D eigenvalue weighted by Gasteiger charge is 2.32. The highest BCUT2D eigenvalue weighted by atomic mass is 16.2. The molecule has 1 atom stereocenters. The normalized spacial score (nSPS) is 18.5. The third kappa shape index (κ3) is 4.04. The van der Waals surface area contributed by atoms with Crippen LogP contribution in [-0.4, -0.2) is 54.8 Å². The zero-order valence-corrected chi connectivity index (χ0v) is 12.9. The number of hydrogen-bond donors (Lipinski definition) is 1. The maximum atomic E-state index is 12.1. The smallest absolute Gasteiger partial charge is 0.239 e. The summed E-state index contributed by atoms with van der Waals surface area (Å²) < 4.78 is 0. The van der Waals surface area contributed by atoms with Gasteiger partial charge in [-0.05, 0) is 44.0 Å². The van der Waals surface area contributed by atoms with E-state index in [1.165, 1.54) is 0 Å². The van der Waals surface area contributed by atoms with Gasteiger partial charge in [0.05, 0.1) is 12.6 Å². The van der Waals surface area contributed by atoms with E-state index in [4.69, 9.17) is 0 Å². The number of nitrogens with one attached hydrogen (secondary N) is 1. The molecule has 2 amide bonds. The van der Waals surface area contributed by atoms with Crippen molar-refractivity contribution in [2.45, 2.75) is 25.8 Å². The first-order valence-corrected chi connectivity index (χ1v) is 7.29. The highest BCUT2D eigenvalue weighted by Crippen LogP contribution is 2.18. The fraction of sp³-hybridized carbons (Fsp3) is 0.500. The van der Waals surface area contributed by atoms with Gasteiger partial charge in [0.15, 0.2) is 0 Å². The molecule has 0 spiro atoms. The summed E-state index contributed by atoms with van der Waals surface area (Å²) in [7, 11) is 3.51. The van der Waals surface area contributed by atoms with Gasteiger partial charge in [0.1, 0.15) is 0 Å². The lowest BCUT2D eigenvalue weighted by atomic mass is 10.2. The Morgan fingerprint density at radius 1 is 1.38 bits per heavy atom. The maximum Gasteiger partial charge on any atom is 0.239 e. The minimum absolute atomic E-state index is 0.0703. The number of amides is 2. The Morgan fingerprint density at radius 3 is 2.81 bits per heavy atom. The first-order valence-electron chi connectivity index (χ1n) is 7.29. The van der Waals surface area contributed by atoms with Crippen molar-refractivity contribution in [3.8, 4) is 0 Å². The lowest BCUT2D eigenvalue weighted by Crippen LogP contribution is -2.45. The minimum Gasteiger partial charge on any atom is -0.347 e. The van der Waals surface area contributed by atoms with Crippen LogP contribution in [0.15, 0.2) is 24.3 Å². The van der Waals surface area contributed by atoms with Gasteiger partial charge in [-0.1, -0.05) is 12.1 Å². The van der Waals surface area contributed by atoms with Crippen LogP contribution in [0.3, 0.4) is 0 Å². The second-order valence-corrected chi connectivity index (χ2v) is 5.78. The molecule has 0 unspecified atom stereocenters. The average molecular weight is 289 g/mol. The predicted octanol–water partition coefficient (Wildman–Crippen LogP) is 1.49. The molecule has 1 aliphatic rings. The molecular formula is C16H23N3O2. The summed E-state index contributed by atoms with van der Waals surface area (Å²) >= 11 is 0. The van der Waals surface area contributed by atoms with Crippen LogP contribution >= 0.6 is 0 Å². The molecular weight excluding hydrogens is 266 g/mol. The van der Waals surface area contributed by atoms with Crippen LogP contribution in [-0.2, 0) is 9.59 Å². The lowest BCUT2D eigenvalue weighted by Gasteiger charge is -2.25. The Bertz CT molecular complexity index is 528. The van der Waals surface area contributed by atoms with Crippen LogP contribution in [0.25, 0.3) is 0 Å². The van der Waals surface area contributed by atoms with Crippen molar-refractivity contribution >= 4 is 17.5 Å². The third-order valence-electron chi connectivity index (χ3n) is 3.74. The third-order valence-corrected chi connectivity index (χ3v) is 3.74. The van der Waals surface area contributed by atoms with E-state index in [1.54, 1.807) is 19.0 Å². The largest absolute Gasteiger partial charge is 0.347 e. The Hall–Kier alpha value is -1.88. The molecule has 1 aromatic rings. The van der Waals surface area contributed by atoms with Gasteiger partial charge in [0.2, 0.25) is 11.8 Å². The quantitative estimate of drug-likeness (QED) is 0.913. The van der Waals surface area contributed by atoms with Gasteiger partial charge in [0, 0.05) is 19.8 Å². The van der Waals surface area contributed by atoms with E-state index >= 15 is 0 Å². The van der Waals surface area contributed by atoms with Crippen molar-refractivity contribution < 1.29 is 9.59 Å². The van der Waals surface area contributed by atoms with E-state index in [9.17, 15) is 9.59 Å². The van der Waals surface area contributed by atoms with E-state index in [2.05, 4.69) is 5.32 Å². The maximum absolute atomic E-state index is 12.1. The summed E-state index contributed by atoms with van der Waals surface area (Å²) in [6, 6.07) is 7.55. The number of likely N-dealkylation sites (N-methyl/N-ethyl adjacent to an activating group) is 1. The van der Waals surface area contributed by atoms with Gasteiger partial charge < -0.3 is 10.2 Å². The van der Waals surface area contributed by atoms with Gasteiger partial charge >= 0.3 is 0 Å². The molecule has 1 aliphatic heterocycles. The fourth-order valence-corrected chi connectivity index (χ4v) is 2.70. The first kappa shape index (κ1) is 15.5. The number of hydrogen-bond acceptors (Lipinski definition) is 3. The Balaban J connectivity index is 1.94. The standard InChI is InChI=1S/C16H23N3O2/c1-12-6-4-7-13(10-12)17-15(20)11-19-9-5-8-14(19)16(21)18(2)3/h4,6-7,10,14H,5,8-9,11H2,1-3H3,(H,17,20)/t14-/m0/s1. The van der Waals surface area contributed by atoms with Crippen LogP contribution in [0.1, 0.15) is 18.4 Å². The molecule has 1 aromatic carbocycles. The number of nitrogens with zero attached hydrogens (tertiary/aromatic N) is 2. The SMILES string of the molecule is Cc1cccc(NC(=O)CN2CCC[C@H]2C(=O)N(C)C)c1. The van der Waals surface area contributed by atoms with E-state index < -0.39 is 0 Å². The van der Waals surface area contributed by atoms with Crippen molar-refractivity contribution in [3.63, 3.8) is 0 Å². The number of benzene rings is 1. The summed E-state index contributed by atoms with van der Waals surface area (Å²) in [6.07, 6.45) is 1.79. The molecule has 1 fully saturated rings. The van der Waals surface area contributed by atoms with E-state index in [0.29, 0.717) is 0 Å². The summed E-state index contributed by atoms with van der Waals surface area (Å²) in [5, 5.41) is 2.89. The molecule has 21 heavy (non-hydrogen) atoms. The van der Waals surface area contributed by atoms with Crippen LogP contribution in [0.2, 0.25) is 0 Å². The molecule has 5 nitrogen and oxygen atoms in total. The summed E-state index contributed by atoms with van der Waals surface area (Å²) in [5.41, 5.74) is 1.91. The minimum atomic E-state index is -0.164. The number of anilines is 1. The van der Waals surface area contributed by atoms with E-state index in [-0.39, 0.29) is 24.4 Å². The molecule has 0 aliphatic carbocycles. The zero-order chi connectivity index (χ0) is 15.4. The molecule has 1 N–H and O–H groups in total. The van der Waals surface area contributed by atoms with Crippen molar-refractivity contribution in [3.05, 3.63) is 29.8 Å². The van der Waals surface area contributed by atoms with Crippen molar-refractivity contribution in [1.82, 2.24) is 9.80 Å². The zero-order valence-electron chi connectivity index (χ0n) is 12.9. The number of rotatable bonds is 4.